The molecule has 0 radical (unpaired) electrons. The van der Waals surface area contributed by atoms with Gasteiger partial charge in [0.2, 0.25) is 0 Å². The van der Waals surface area contributed by atoms with E-state index in [0.29, 0.717) is 40.0 Å². The number of aromatic nitrogens is 1. The number of halogens is 1. The van der Waals surface area contributed by atoms with E-state index in [1.807, 2.05) is 17.6 Å². The van der Waals surface area contributed by atoms with Crippen LogP contribution in [0.5, 0.6) is 11.5 Å². The van der Waals surface area contributed by atoms with Gasteiger partial charge in [0.25, 0.3) is 15.9 Å². The van der Waals surface area contributed by atoms with E-state index < -0.39 is 22.0 Å². The van der Waals surface area contributed by atoms with Gasteiger partial charge in [-0.2, -0.15) is 9.30 Å². The number of benzene rings is 1. The van der Waals surface area contributed by atoms with Crippen LogP contribution in [0.3, 0.4) is 0 Å². The van der Waals surface area contributed by atoms with Crippen molar-refractivity contribution >= 4 is 60.4 Å². The smallest absolute Gasteiger partial charge is 0.266 e. The average molecular weight is 516 g/mol. The summed E-state index contributed by atoms with van der Waals surface area (Å²) in [6.45, 7) is 2.77. The Bertz CT molecular complexity index is 1340. The number of hydrogen-bond donors (Lipinski definition) is 0. The third kappa shape index (κ3) is 3.96. The molecule has 1 aromatic carbocycles. The molecule has 172 valence electrons. The molecule has 0 saturated carbocycles. The Balaban J connectivity index is 1.78. The second-order valence-corrected chi connectivity index (χ2v) is 11.9. The zero-order chi connectivity index (χ0) is 23.0. The first-order valence-corrected chi connectivity index (χ1v) is 13.4. The number of sulfonamides is 1. The van der Waals surface area contributed by atoms with Crippen molar-refractivity contribution in [3.05, 3.63) is 33.4 Å². The van der Waals surface area contributed by atoms with E-state index in [-0.39, 0.29) is 10.8 Å². The molecule has 32 heavy (non-hydrogen) atoms. The van der Waals surface area contributed by atoms with Crippen LogP contribution in [0.1, 0.15) is 19.8 Å². The van der Waals surface area contributed by atoms with Crippen molar-refractivity contribution in [3.63, 3.8) is 0 Å². The Labute approximate surface area is 198 Å². The van der Waals surface area contributed by atoms with Crippen LogP contribution in [0.2, 0.25) is 4.34 Å². The second kappa shape index (κ2) is 9.14. The molecule has 1 aliphatic rings. The van der Waals surface area contributed by atoms with Gasteiger partial charge in [0.15, 0.2) is 4.80 Å². The summed E-state index contributed by atoms with van der Waals surface area (Å²) in [4.78, 5) is 18.0. The van der Waals surface area contributed by atoms with Crippen LogP contribution in [0.25, 0.3) is 10.2 Å². The summed E-state index contributed by atoms with van der Waals surface area (Å²) in [6, 6.07) is 5.78. The molecule has 2 aromatic heterocycles. The number of fused-ring (bicyclic) bond motifs is 1. The lowest BCUT2D eigenvalue weighted by Gasteiger charge is -2.20. The van der Waals surface area contributed by atoms with Gasteiger partial charge in [-0.1, -0.05) is 22.9 Å². The molecule has 1 atom stereocenters. The molecule has 3 heterocycles. The van der Waals surface area contributed by atoms with E-state index in [1.54, 1.807) is 26.4 Å². The third-order valence-corrected chi connectivity index (χ3v) is 10.0. The van der Waals surface area contributed by atoms with Crippen molar-refractivity contribution in [2.24, 2.45) is 4.99 Å². The maximum Gasteiger partial charge on any atom is 0.266 e. The molecule has 1 fully saturated rings. The number of amides is 1. The van der Waals surface area contributed by atoms with Crippen LogP contribution >= 0.6 is 34.3 Å². The number of hydrogen-bond acceptors (Lipinski definition) is 7. The van der Waals surface area contributed by atoms with Crippen LogP contribution in [0.15, 0.2) is 33.5 Å². The lowest BCUT2D eigenvalue weighted by molar-refractivity contribution is -0.121. The minimum atomic E-state index is -3.82. The number of rotatable bonds is 6. The van der Waals surface area contributed by atoms with Gasteiger partial charge in [0, 0.05) is 13.1 Å². The fourth-order valence-corrected chi connectivity index (χ4v) is 8.30. The Morgan fingerprint density at radius 1 is 1.19 bits per heavy atom. The molecule has 1 unspecified atom stereocenters. The average Bonchev–Trinajstić information content (AvgIpc) is 3.51. The van der Waals surface area contributed by atoms with E-state index in [4.69, 9.17) is 21.1 Å². The first-order valence-electron chi connectivity index (χ1n) is 9.91. The molecule has 8 nitrogen and oxygen atoms in total. The summed E-state index contributed by atoms with van der Waals surface area (Å²) in [5.74, 6) is 0.814. The number of methoxy groups -OCH3 is 2. The summed E-state index contributed by atoms with van der Waals surface area (Å²) in [7, 11) is -0.660. The second-order valence-electron chi connectivity index (χ2n) is 7.06. The molecule has 0 N–H and O–H groups in total. The van der Waals surface area contributed by atoms with E-state index >= 15 is 0 Å². The van der Waals surface area contributed by atoms with Gasteiger partial charge in [-0.3, -0.25) is 4.79 Å². The largest absolute Gasteiger partial charge is 0.495 e. The van der Waals surface area contributed by atoms with Crippen LogP contribution in [-0.4, -0.2) is 50.0 Å². The van der Waals surface area contributed by atoms with Gasteiger partial charge in [-0.05, 0) is 44.0 Å². The zero-order valence-electron chi connectivity index (χ0n) is 17.7. The van der Waals surface area contributed by atoms with Crippen molar-refractivity contribution in [2.75, 3.05) is 20.8 Å². The molecular formula is C20H22ClN3O5S3. The number of nitrogens with zero attached hydrogens (tertiary/aromatic N) is 3. The summed E-state index contributed by atoms with van der Waals surface area (Å²) in [5.41, 5.74) is 0.787. The van der Waals surface area contributed by atoms with E-state index in [0.717, 1.165) is 21.6 Å². The Morgan fingerprint density at radius 3 is 2.53 bits per heavy atom. The maximum absolute atomic E-state index is 13.2. The summed E-state index contributed by atoms with van der Waals surface area (Å²) in [5, 5.41) is 0. The van der Waals surface area contributed by atoms with Crippen molar-refractivity contribution in [3.8, 4) is 11.5 Å². The normalized spacial score (nSPS) is 17.9. The van der Waals surface area contributed by atoms with Gasteiger partial charge >= 0.3 is 0 Å². The lowest BCUT2D eigenvalue weighted by Crippen LogP contribution is -2.40. The topological polar surface area (TPSA) is 90.2 Å². The summed E-state index contributed by atoms with van der Waals surface area (Å²) < 4.78 is 41.6. The third-order valence-electron chi connectivity index (χ3n) is 5.31. The summed E-state index contributed by atoms with van der Waals surface area (Å²) in [6.07, 6.45) is 1.01. The predicted octanol–water partition coefficient (Wildman–Crippen LogP) is 3.74. The molecule has 0 bridgehead atoms. The number of aryl methyl sites for hydroxylation is 1. The number of ether oxygens (including phenoxy) is 2. The molecule has 0 spiro atoms. The number of carbonyl (C=O) groups excluding carboxylic acids is 1. The molecule has 1 amide bonds. The number of thiophene rings is 1. The molecule has 0 aliphatic carbocycles. The fourth-order valence-electron chi connectivity index (χ4n) is 3.83. The minimum Gasteiger partial charge on any atom is -0.495 e. The highest BCUT2D eigenvalue weighted by molar-refractivity contribution is 7.91. The van der Waals surface area contributed by atoms with Gasteiger partial charge in [0.1, 0.15) is 32.0 Å². The van der Waals surface area contributed by atoms with Gasteiger partial charge in [0.05, 0.1) is 18.6 Å². The molecule has 3 aromatic rings. The minimum absolute atomic E-state index is 0.127. The quantitative estimate of drug-likeness (QED) is 0.499. The van der Waals surface area contributed by atoms with Crippen LogP contribution in [0, 0.1) is 0 Å². The SMILES string of the molecule is CCn1c(=NC(=O)C2CCCN2S(=O)(=O)c2ccc(Cl)s2)sc2c(OC)ccc(OC)c21. The van der Waals surface area contributed by atoms with E-state index in [1.165, 1.54) is 21.7 Å². The highest BCUT2D eigenvalue weighted by Crippen LogP contribution is 2.35. The summed E-state index contributed by atoms with van der Waals surface area (Å²) >= 11 is 8.22. The Kier molecular flexibility index (Phi) is 6.64. The predicted molar refractivity (Wildman–Crippen MR) is 125 cm³/mol. The van der Waals surface area contributed by atoms with Crippen molar-refractivity contribution in [1.82, 2.24) is 8.87 Å². The van der Waals surface area contributed by atoms with Crippen LogP contribution in [-0.2, 0) is 21.4 Å². The fraction of sp³-hybridized carbons (Fsp3) is 0.400. The monoisotopic (exact) mass is 515 g/mol. The molecule has 12 heteroatoms. The Morgan fingerprint density at radius 2 is 1.91 bits per heavy atom. The maximum atomic E-state index is 13.2. The molecule has 1 aliphatic heterocycles. The van der Waals surface area contributed by atoms with Gasteiger partial charge in [-0.15, -0.1) is 11.3 Å². The van der Waals surface area contributed by atoms with Crippen LogP contribution in [0.4, 0.5) is 0 Å². The standard InChI is InChI=1S/C20H22ClN3O5S3/c1-4-23-17-13(28-2)7-8-14(29-3)18(17)31-20(23)22-19(25)12-6-5-11-24(12)32(26,27)16-10-9-15(21)30-16/h7-10,12H,4-6,11H2,1-3H3. The zero-order valence-corrected chi connectivity index (χ0v) is 20.9. The molecule has 4 rings (SSSR count). The number of thiazole rings is 1. The van der Waals surface area contributed by atoms with Crippen LogP contribution < -0.4 is 14.3 Å². The van der Waals surface area contributed by atoms with E-state index in [9.17, 15) is 13.2 Å². The molecule has 1 saturated heterocycles. The number of carbonyl (C=O) groups is 1. The van der Waals surface area contributed by atoms with E-state index in [2.05, 4.69) is 4.99 Å². The lowest BCUT2D eigenvalue weighted by atomic mass is 10.2. The van der Waals surface area contributed by atoms with Crippen molar-refractivity contribution in [2.45, 2.75) is 36.6 Å². The first-order chi connectivity index (χ1) is 15.3. The highest BCUT2D eigenvalue weighted by Gasteiger charge is 2.40. The van der Waals surface area contributed by atoms with Gasteiger partial charge in [-0.25, -0.2) is 8.42 Å². The van der Waals surface area contributed by atoms with Gasteiger partial charge < -0.3 is 14.0 Å². The van der Waals surface area contributed by atoms with Crippen molar-refractivity contribution in [1.29, 1.82) is 0 Å². The Hall–Kier alpha value is -1.92. The first kappa shape index (κ1) is 23.2. The van der Waals surface area contributed by atoms with Crippen molar-refractivity contribution < 1.29 is 22.7 Å². The highest BCUT2D eigenvalue weighted by atomic mass is 35.5. The molecular weight excluding hydrogens is 494 g/mol.